The Morgan fingerprint density at radius 1 is 1.00 bits per heavy atom. The first-order valence-electron chi connectivity index (χ1n) is 8.17. The molecule has 3 fully saturated rings. The normalized spacial score (nSPS) is 46.9. The Bertz CT molecular complexity index is 586. The molecule has 4 atom stereocenters. The largest absolute Gasteiger partial charge is 0.494 e. The molecular formula is C18H25BO2. The summed E-state index contributed by atoms with van der Waals surface area (Å²) in [5, 5.41) is 0. The smallest absolute Gasteiger partial charge is 0.399 e. The first-order valence-corrected chi connectivity index (χ1v) is 8.17. The minimum Gasteiger partial charge on any atom is -0.399 e. The van der Waals surface area contributed by atoms with E-state index in [0.717, 1.165) is 5.46 Å². The standard InChI is InChI=1S/C18H25BO2/c1-15(2)14-11-12-16(15,3)18(5)17(14,4)20-19(21-18)13-9-7-6-8-10-13/h6-10,14H,11-12H2,1-5H3/t14-,16+,17+,18-/m0/s1. The van der Waals surface area contributed by atoms with Gasteiger partial charge >= 0.3 is 7.12 Å². The fourth-order valence-electron chi connectivity index (χ4n) is 5.85. The Balaban J connectivity index is 1.79. The molecule has 112 valence electrons. The van der Waals surface area contributed by atoms with Crippen molar-refractivity contribution < 1.29 is 9.31 Å². The molecular weight excluding hydrogens is 259 g/mol. The maximum atomic E-state index is 6.61. The molecule has 2 bridgehead atoms. The van der Waals surface area contributed by atoms with E-state index in [4.69, 9.17) is 9.31 Å². The molecule has 1 saturated heterocycles. The highest BCUT2D eigenvalue weighted by Gasteiger charge is 2.81. The van der Waals surface area contributed by atoms with E-state index in [9.17, 15) is 0 Å². The molecule has 1 aliphatic heterocycles. The average molecular weight is 284 g/mol. The molecule has 2 saturated carbocycles. The van der Waals surface area contributed by atoms with Gasteiger partial charge in [0.2, 0.25) is 0 Å². The van der Waals surface area contributed by atoms with Gasteiger partial charge in [-0.15, -0.1) is 0 Å². The van der Waals surface area contributed by atoms with E-state index >= 15 is 0 Å². The molecule has 1 aromatic carbocycles. The van der Waals surface area contributed by atoms with Crippen molar-refractivity contribution in [2.45, 2.75) is 58.7 Å². The molecule has 1 aromatic rings. The fourth-order valence-corrected chi connectivity index (χ4v) is 5.85. The lowest BCUT2D eigenvalue weighted by atomic mass is 9.63. The van der Waals surface area contributed by atoms with Crippen molar-refractivity contribution in [1.29, 1.82) is 0 Å². The number of hydrogen-bond donors (Lipinski definition) is 0. The third-order valence-electron chi connectivity index (χ3n) is 7.66. The molecule has 4 rings (SSSR count). The lowest BCUT2D eigenvalue weighted by molar-refractivity contribution is -0.101. The van der Waals surface area contributed by atoms with Gasteiger partial charge < -0.3 is 9.31 Å². The van der Waals surface area contributed by atoms with Gasteiger partial charge in [-0.25, -0.2) is 0 Å². The molecule has 0 amide bonds. The third kappa shape index (κ3) is 1.30. The number of hydrogen-bond acceptors (Lipinski definition) is 2. The Morgan fingerprint density at radius 3 is 2.29 bits per heavy atom. The first-order chi connectivity index (χ1) is 9.76. The van der Waals surface area contributed by atoms with Crippen LogP contribution in [0.4, 0.5) is 0 Å². The van der Waals surface area contributed by atoms with Crippen molar-refractivity contribution in [1.82, 2.24) is 0 Å². The van der Waals surface area contributed by atoms with Crippen LogP contribution in [0, 0.1) is 16.7 Å². The third-order valence-corrected chi connectivity index (χ3v) is 7.66. The molecule has 1 heterocycles. The summed E-state index contributed by atoms with van der Waals surface area (Å²) in [7, 11) is -0.225. The zero-order valence-corrected chi connectivity index (χ0v) is 13.8. The second-order valence-corrected chi connectivity index (χ2v) is 8.26. The summed E-state index contributed by atoms with van der Waals surface area (Å²) in [5.41, 5.74) is 1.16. The van der Waals surface area contributed by atoms with Crippen LogP contribution >= 0.6 is 0 Å². The van der Waals surface area contributed by atoms with Gasteiger partial charge in [-0.05, 0) is 43.5 Å². The van der Waals surface area contributed by atoms with Gasteiger partial charge in [0.05, 0.1) is 11.2 Å². The molecule has 2 nitrogen and oxygen atoms in total. The van der Waals surface area contributed by atoms with Gasteiger partial charge in [-0.2, -0.15) is 0 Å². The summed E-state index contributed by atoms with van der Waals surface area (Å²) in [6.45, 7) is 11.8. The van der Waals surface area contributed by atoms with Crippen molar-refractivity contribution in [2.24, 2.45) is 16.7 Å². The highest BCUT2D eigenvalue weighted by molar-refractivity contribution is 6.62. The second kappa shape index (κ2) is 3.75. The van der Waals surface area contributed by atoms with E-state index in [1.54, 1.807) is 0 Å². The summed E-state index contributed by atoms with van der Waals surface area (Å²) >= 11 is 0. The van der Waals surface area contributed by atoms with Crippen molar-refractivity contribution in [3.05, 3.63) is 30.3 Å². The molecule has 3 aliphatic rings. The van der Waals surface area contributed by atoms with Crippen LogP contribution in [0.15, 0.2) is 30.3 Å². The SMILES string of the molecule is CC1(C)[C@@H]2CC[C@@]1(C)[C@]1(C)OB(c3ccccc3)O[C@]21C. The van der Waals surface area contributed by atoms with Gasteiger partial charge in [-0.1, -0.05) is 51.1 Å². The Hall–Kier alpha value is -0.795. The lowest BCUT2D eigenvalue weighted by Gasteiger charge is -2.48. The summed E-state index contributed by atoms with van der Waals surface area (Å²) < 4.78 is 13.2. The monoisotopic (exact) mass is 284 g/mol. The van der Waals surface area contributed by atoms with Crippen molar-refractivity contribution in [3.63, 3.8) is 0 Å². The first kappa shape index (κ1) is 13.8. The highest BCUT2D eigenvalue weighted by Crippen LogP contribution is 2.76. The van der Waals surface area contributed by atoms with Crippen LogP contribution in [0.2, 0.25) is 0 Å². The Morgan fingerprint density at radius 2 is 1.67 bits per heavy atom. The molecule has 0 spiro atoms. The zero-order chi connectivity index (χ0) is 15.1. The van der Waals surface area contributed by atoms with Crippen LogP contribution in [-0.4, -0.2) is 18.3 Å². The summed E-state index contributed by atoms with van der Waals surface area (Å²) in [6.07, 6.45) is 2.49. The molecule has 2 aliphatic carbocycles. The highest BCUT2D eigenvalue weighted by atomic mass is 16.7. The van der Waals surface area contributed by atoms with Gasteiger partial charge in [0.1, 0.15) is 0 Å². The second-order valence-electron chi connectivity index (χ2n) is 8.26. The van der Waals surface area contributed by atoms with Crippen LogP contribution in [0.1, 0.15) is 47.5 Å². The average Bonchev–Trinajstić information content (AvgIpc) is 2.89. The maximum absolute atomic E-state index is 6.61. The van der Waals surface area contributed by atoms with Gasteiger partial charge in [-0.3, -0.25) is 0 Å². The predicted octanol–water partition coefficient (Wildman–Crippen LogP) is 3.40. The van der Waals surface area contributed by atoms with Crippen LogP contribution in [0.3, 0.4) is 0 Å². The molecule has 0 unspecified atom stereocenters. The number of rotatable bonds is 1. The van der Waals surface area contributed by atoms with Gasteiger partial charge in [0, 0.05) is 5.41 Å². The maximum Gasteiger partial charge on any atom is 0.494 e. The van der Waals surface area contributed by atoms with Gasteiger partial charge in [0.15, 0.2) is 0 Å². The quantitative estimate of drug-likeness (QED) is 0.736. The number of benzene rings is 1. The molecule has 0 aromatic heterocycles. The molecule has 0 N–H and O–H groups in total. The minimum absolute atomic E-state index is 0.170. The van der Waals surface area contributed by atoms with E-state index in [1.165, 1.54) is 12.8 Å². The minimum atomic E-state index is -0.225. The van der Waals surface area contributed by atoms with Crippen LogP contribution in [0.25, 0.3) is 0 Å². The van der Waals surface area contributed by atoms with E-state index < -0.39 is 0 Å². The van der Waals surface area contributed by atoms with Crippen molar-refractivity contribution in [2.75, 3.05) is 0 Å². The number of fused-ring (bicyclic) bond motifs is 5. The van der Waals surface area contributed by atoms with E-state index in [-0.39, 0.29) is 29.2 Å². The summed E-state index contributed by atoms with van der Waals surface area (Å²) in [4.78, 5) is 0. The summed E-state index contributed by atoms with van der Waals surface area (Å²) in [5.74, 6) is 0.564. The van der Waals surface area contributed by atoms with Crippen molar-refractivity contribution in [3.8, 4) is 0 Å². The molecule has 3 heteroatoms. The topological polar surface area (TPSA) is 18.5 Å². The van der Waals surface area contributed by atoms with Crippen LogP contribution < -0.4 is 5.46 Å². The fraction of sp³-hybridized carbons (Fsp3) is 0.667. The molecule has 0 radical (unpaired) electrons. The lowest BCUT2D eigenvalue weighted by Crippen LogP contribution is -2.56. The Kier molecular flexibility index (Phi) is 2.47. The van der Waals surface area contributed by atoms with Gasteiger partial charge in [0.25, 0.3) is 0 Å². The Labute approximate surface area is 128 Å². The molecule has 21 heavy (non-hydrogen) atoms. The van der Waals surface area contributed by atoms with E-state index in [0.29, 0.717) is 5.92 Å². The predicted molar refractivity (Wildman–Crippen MR) is 85.4 cm³/mol. The van der Waals surface area contributed by atoms with E-state index in [2.05, 4.69) is 58.9 Å². The van der Waals surface area contributed by atoms with Crippen molar-refractivity contribution >= 4 is 12.6 Å². The van der Waals surface area contributed by atoms with E-state index in [1.807, 2.05) is 6.07 Å². The van der Waals surface area contributed by atoms with Crippen LogP contribution in [-0.2, 0) is 9.31 Å². The zero-order valence-electron chi connectivity index (χ0n) is 13.8. The summed E-state index contributed by atoms with van der Waals surface area (Å²) in [6, 6.07) is 10.4. The van der Waals surface area contributed by atoms with Crippen LogP contribution in [0.5, 0.6) is 0 Å².